The Morgan fingerprint density at radius 3 is 2.61 bits per heavy atom. The lowest BCUT2D eigenvalue weighted by Crippen LogP contribution is -2.11. The molecule has 2 rings (SSSR count). The monoisotopic (exact) mass is 258 g/mol. The van der Waals surface area contributed by atoms with Crippen molar-refractivity contribution < 1.29 is 4.79 Å². The van der Waals surface area contributed by atoms with Gasteiger partial charge in [0.05, 0.1) is 0 Å². The Labute approximate surface area is 111 Å². The zero-order valence-corrected chi connectivity index (χ0v) is 10.6. The molecule has 92 valence electrons. The first-order chi connectivity index (χ1) is 8.75. The van der Waals surface area contributed by atoms with Gasteiger partial charge in [-0.2, -0.15) is 0 Å². The maximum atomic E-state index is 11.0. The highest BCUT2D eigenvalue weighted by molar-refractivity contribution is 7.97. The van der Waals surface area contributed by atoms with Crippen LogP contribution in [0.5, 0.6) is 0 Å². The normalized spacial score (nSPS) is 10.2. The fourth-order valence-corrected chi connectivity index (χ4v) is 2.25. The Kier molecular flexibility index (Phi) is 4.39. The summed E-state index contributed by atoms with van der Waals surface area (Å²) in [7, 11) is 0. The molecule has 0 atom stereocenters. The van der Waals surface area contributed by atoms with Gasteiger partial charge in [0, 0.05) is 17.0 Å². The molecule has 0 radical (unpaired) electrons. The van der Waals surface area contributed by atoms with Crippen molar-refractivity contribution in [3.8, 4) is 0 Å². The van der Waals surface area contributed by atoms with Crippen molar-refractivity contribution in [1.29, 1.82) is 0 Å². The van der Waals surface area contributed by atoms with Crippen LogP contribution in [-0.4, -0.2) is 5.91 Å². The van der Waals surface area contributed by atoms with Crippen LogP contribution < -0.4 is 10.5 Å². The third kappa shape index (κ3) is 3.61. The smallest absolute Gasteiger partial charge is 0.248 e. The maximum Gasteiger partial charge on any atom is 0.248 e. The van der Waals surface area contributed by atoms with Gasteiger partial charge in [0.15, 0.2) is 0 Å². The van der Waals surface area contributed by atoms with Crippen molar-refractivity contribution in [2.24, 2.45) is 5.73 Å². The van der Waals surface area contributed by atoms with Gasteiger partial charge in [0.25, 0.3) is 0 Å². The Morgan fingerprint density at radius 1 is 1.11 bits per heavy atom. The van der Waals surface area contributed by atoms with E-state index >= 15 is 0 Å². The third-order valence-electron chi connectivity index (χ3n) is 2.43. The number of benzene rings is 2. The van der Waals surface area contributed by atoms with Crippen molar-refractivity contribution in [2.75, 3.05) is 0 Å². The number of rotatable bonds is 5. The summed E-state index contributed by atoms with van der Waals surface area (Å²) in [5, 5.41) is 0. The highest BCUT2D eigenvalue weighted by Gasteiger charge is 2.01. The predicted molar refractivity (Wildman–Crippen MR) is 74.1 cm³/mol. The quantitative estimate of drug-likeness (QED) is 0.810. The van der Waals surface area contributed by atoms with Gasteiger partial charge in [0.1, 0.15) is 0 Å². The van der Waals surface area contributed by atoms with E-state index in [1.165, 1.54) is 17.5 Å². The summed E-state index contributed by atoms with van der Waals surface area (Å²) >= 11 is 1.49. The van der Waals surface area contributed by atoms with E-state index in [9.17, 15) is 4.79 Å². The maximum absolute atomic E-state index is 11.0. The molecule has 0 saturated heterocycles. The van der Waals surface area contributed by atoms with Crippen LogP contribution in [0.15, 0.2) is 59.5 Å². The summed E-state index contributed by atoms with van der Waals surface area (Å²) in [5.41, 5.74) is 6.98. The van der Waals surface area contributed by atoms with Gasteiger partial charge in [-0.05, 0) is 35.7 Å². The Morgan fingerprint density at radius 2 is 1.89 bits per heavy atom. The molecule has 0 aliphatic carbocycles. The molecule has 0 spiro atoms. The zero-order chi connectivity index (χ0) is 12.8. The van der Waals surface area contributed by atoms with Crippen LogP contribution in [0, 0.1) is 0 Å². The van der Waals surface area contributed by atoms with E-state index in [0.29, 0.717) is 5.56 Å². The molecule has 0 unspecified atom stereocenters. The molecular weight excluding hydrogens is 244 g/mol. The average molecular weight is 258 g/mol. The van der Waals surface area contributed by atoms with Gasteiger partial charge in [-0.1, -0.05) is 36.4 Å². The van der Waals surface area contributed by atoms with Crippen molar-refractivity contribution in [2.45, 2.75) is 11.4 Å². The van der Waals surface area contributed by atoms with Crippen LogP contribution in [0.25, 0.3) is 0 Å². The van der Waals surface area contributed by atoms with Crippen LogP contribution in [0.3, 0.4) is 0 Å². The molecule has 0 aliphatic rings. The zero-order valence-electron chi connectivity index (χ0n) is 9.80. The van der Waals surface area contributed by atoms with Gasteiger partial charge in [0.2, 0.25) is 5.91 Å². The first kappa shape index (κ1) is 12.7. The van der Waals surface area contributed by atoms with E-state index in [-0.39, 0.29) is 0 Å². The van der Waals surface area contributed by atoms with Gasteiger partial charge in [-0.3, -0.25) is 9.52 Å². The van der Waals surface area contributed by atoms with E-state index < -0.39 is 5.91 Å². The molecule has 0 heterocycles. The topological polar surface area (TPSA) is 55.1 Å². The molecule has 0 fully saturated rings. The summed E-state index contributed by atoms with van der Waals surface area (Å²) < 4.78 is 3.25. The first-order valence-corrected chi connectivity index (χ1v) is 6.41. The van der Waals surface area contributed by atoms with E-state index in [1.807, 2.05) is 30.3 Å². The number of hydrogen-bond donors (Lipinski definition) is 2. The van der Waals surface area contributed by atoms with Gasteiger partial charge in [-0.25, -0.2) is 0 Å². The Bertz CT molecular complexity index is 528. The van der Waals surface area contributed by atoms with Gasteiger partial charge >= 0.3 is 0 Å². The second-order valence-corrected chi connectivity index (χ2v) is 4.77. The lowest BCUT2D eigenvalue weighted by Gasteiger charge is -2.05. The first-order valence-electron chi connectivity index (χ1n) is 5.59. The molecule has 0 bridgehead atoms. The lowest BCUT2D eigenvalue weighted by atomic mass is 10.2. The molecule has 3 nitrogen and oxygen atoms in total. The molecule has 18 heavy (non-hydrogen) atoms. The van der Waals surface area contributed by atoms with Crippen molar-refractivity contribution >= 4 is 17.9 Å². The number of carbonyl (C=O) groups is 1. The molecule has 4 heteroatoms. The minimum atomic E-state index is -0.402. The van der Waals surface area contributed by atoms with Crippen LogP contribution in [0.4, 0.5) is 0 Å². The SMILES string of the molecule is NC(=O)c1cccc(SNCc2ccccc2)c1. The second kappa shape index (κ2) is 6.23. The largest absolute Gasteiger partial charge is 0.366 e. The van der Waals surface area contributed by atoms with Gasteiger partial charge in [-0.15, -0.1) is 0 Å². The summed E-state index contributed by atoms with van der Waals surface area (Å²) in [6, 6.07) is 17.4. The Balaban J connectivity index is 1.90. The molecule has 0 saturated carbocycles. The number of primary amides is 1. The van der Waals surface area contributed by atoms with Crippen molar-refractivity contribution in [3.05, 3.63) is 65.7 Å². The predicted octanol–water partition coefficient (Wildman–Crippen LogP) is 2.58. The fraction of sp³-hybridized carbons (Fsp3) is 0.0714. The Hall–Kier alpha value is -1.78. The van der Waals surface area contributed by atoms with Crippen molar-refractivity contribution in [1.82, 2.24) is 4.72 Å². The number of hydrogen-bond acceptors (Lipinski definition) is 3. The van der Waals surface area contributed by atoms with Crippen LogP contribution in [0.2, 0.25) is 0 Å². The molecule has 0 aromatic heterocycles. The number of nitrogens with one attached hydrogen (secondary N) is 1. The molecule has 3 N–H and O–H groups in total. The third-order valence-corrected chi connectivity index (χ3v) is 3.21. The number of nitrogens with two attached hydrogens (primary N) is 1. The summed E-state index contributed by atoms with van der Waals surface area (Å²) in [4.78, 5) is 12.0. The summed E-state index contributed by atoms with van der Waals surface area (Å²) in [6.07, 6.45) is 0. The number of carbonyl (C=O) groups excluding carboxylic acids is 1. The standard InChI is InChI=1S/C14H14N2OS/c15-14(17)12-7-4-8-13(9-12)18-16-10-11-5-2-1-3-6-11/h1-9,16H,10H2,(H2,15,17). The number of amides is 1. The lowest BCUT2D eigenvalue weighted by molar-refractivity contribution is 0.1000. The summed E-state index contributed by atoms with van der Waals surface area (Å²) in [6.45, 7) is 0.770. The second-order valence-electron chi connectivity index (χ2n) is 3.80. The molecule has 1 amide bonds. The van der Waals surface area contributed by atoms with Crippen LogP contribution in [-0.2, 0) is 6.54 Å². The molecular formula is C14H14N2OS. The van der Waals surface area contributed by atoms with E-state index in [4.69, 9.17) is 5.73 Å². The molecule has 2 aromatic rings. The highest BCUT2D eigenvalue weighted by Crippen LogP contribution is 2.16. The minimum Gasteiger partial charge on any atom is -0.366 e. The van der Waals surface area contributed by atoms with E-state index in [1.54, 1.807) is 12.1 Å². The summed E-state index contributed by atoms with van der Waals surface area (Å²) in [5.74, 6) is -0.402. The van der Waals surface area contributed by atoms with E-state index in [2.05, 4.69) is 16.9 Å². The van der Waals surface area contributed by atoms with Crippen LogP contribution >= 0.6 is 11.9 Å². The van der Waals surface area contributed by atoms with Gasteiger partial charge < -0.3 is 5.73 Å². The highest BCUT2D eigenvalue weighted by atomic mass is 32.2. The molecule has 0 aliphatic heterocycles. The molecule has 2 aromatic carbocycles. The fourth-order valence-electron chi connectivity index (χ4n) is 1.51. The van der Waals surface area contributed by atoms with Crippen molar-refractivity contribution in [3.63, 3.8) is 0 Å². The average Bonchev–Trinajstić information content (AvgIpc) is 2.40. The minimum absolute atomic E-state index is 0.402. The van der Waals surface area contributed by atoms with Crippen LogP contribution in [0.1, 0.15) is 15.9 Å². The van der Waals surface area contributed by atoms with E-state index in [0.717, 1.165) is 11.4 Å².